The van der Waals surface area contributed by atoms with E-state index < -0.39 is 22.5 Å². The molecule has 0 unspecified atom stereocenters. The molecule has 1 aromatic rings. The molecular formula is C9H6ClF3O. The zero-order valence-corrected chi connectivity index (χ0v) is 7.91. The van der Waals surface area contributed by atoms with Gasteiger partial charge in [0.05, 0.1) is 10.6 Å². The summed E-state index contributed by atoms with van der Waals surface area (Å²) < 4.78 is 36.9. The van der Waals surface area contributed by atoms with E-state index in [1.165, 1.54) is 13.0 Å². The Morgan fingerprint density at radius 3 is 2.36 bits per heavy atom. The molecule has 14 heavy (non-hydrogen) atoms. The zero-order chi connectivity index (χ0) is 10.9. The van der Waals surface area contributed by atoms with Crippen LogP contribution in [0.2, 0.25) is 5.02 Å². The Balaban J connectivity index is 3.35. The molecule has 0 atom stereocenters. The van der Waals surface area contributed by atoms with Gasteiger partial charge in [0, 0.05) is 5.56 Å². The molecule has 76 valence electrons. The van der Waals surface area contributed by atoms with Crippen molar-refractivity contribution < 1.29 is 18.0 Å². The number of hydrogen-bond acceptors (Lipinski definition) is 1. The second kappa shape index (κ2) is 3.61. The second-order valence-corrected chi connectivity index (χ2v) is 3.10. The summed E-state index contributed by atoms with van der Waals surface area (Å²) in [6, 6.07) is 3.26. The molecular weight excluding hydrogens is 217 g/mol. The van der Waals surface area contributed by atoms with Gasteiger partial charge in [-0.15, -0.1) is 0 Å². The van der Waals surface area contributed by atoms with Gasteiger partial charge < -0.3 is 0 Å². The van der Waals surface area contributed by atoms with Crippen LogP contribution >= 0.6 is 11.6 Å². The fraction of sp³-hybridized carbons (Fsp3) is 0.222. The molecule has 0 amide bonds. The monoisotopic (exact) mass is 222 g/mol. The van der Waals surface area contributed by atoms with Gasteiger partial charge in [-0.25, -0.2) is 0 Å². The Labute approximate surface area is 83.5 Å². The van der Waals surface area contributed by atoms with Crippen molar-refractivity contribution in [2.75, 3.05) is 0 Å². The molecule has 1 rings (SSSR count). The number of halogens is 4. The maximum absolute atomic E-state index is 12.3. The van der Waals surface area contributed by atoms with E-state index in [4.69, 9.17) is 11.6 Å². The van der Waals surface area contributed by atoms with Gasteiger partial charge in [-0.2, -0.15) is 13.2 Å². The first kappa shape index (κ1) is 11.0. The van der Waals surface area contributed by atoms with Gasteiger partial charge in [0.1, 0.15) is 0 Å². The molecule has 0 heterocycles. The summed E-state index contributed by atoms with van der Waals surface area (Å²) in [4.78, 5) is 10.9. The van der Waals surface area contributed by atoms with Crippen molar-refractivity contribution in [1.82, 2.24) is 0 Å². The predicted molar refractivity (Wildman–Crippen MR) is 46.5 cm³/mol. The average Bonchev–Trinajstić information content (AvgIpc) is 2.01. The van der Waals surface area contributed by atoms with E-state index in [9.17, 15) is 18.0 Å². The molecule has 0 aliphatic carbocycles. The van der Waals surface area contributed by atoms with Crippen LogP contribution in [0.5, 0.6) is 0 Å². The van der Waals surface area contributed by atoms with Crippen molar-refractivity contribution in [3.63, 3.8) is 0 Å². The molecule has 0 radical (unpaired) electrons. The van der Waals surface area contributed by atoms with Crippen LogP contribution in [0.15, 0.2) is 18.2 Å². The summed E-state index contributed by atoms with van der Waals surface area (Å²) in [5, 5.41) is -0.535. The van der Waals surface area contributed by atoms with Crippen LogP contribution in [-0.4, -0.2) is 5.78 Å². The maximum atomic E-state index is 12.3. The van der Waals surface area contributed by atoms with Crippen molar-refractivity contribution in [3.05, 3.63) is 34.3 Å². The van der Waals surface area contributed by atoms with Gasteiger partial charge in [-0.1, -0.05) is 17.7 Å². The quantitative estimate of drug-likeness (QED) is 0.664. The predicted octanol–water partition coefficient (Wildman–Crippen LogP) is 3.56. The first-order chi connectivity index (χ1) is 6.34. The Kier molecular flexibility index (Phi) is 2.85. The van der Waals surface area contributed by atoms with Gasteiger partial charge in [0.2, 0.25) is 0 Å². The van der Waals surface area contributed by atoms with Crippen molar-refractivity contribution in [2.45, 2.75) is 13.1 Å². The van der Waals surface area contributed by atoms with E-state index in [1.54, 1.807) is 0 Å². The Morgan fingerprint density at radius 2 is 1.93 bits per heavy atom. The minimum Gasteiger partial charge on any atom is -0.294 e. The molecule has 0 fully saturated rings. The number of rotatable bonds is 1. The summed E-state index contributed by atoms with van der Waals surface area (Å²) in [5.74, 6) is -0.485. The van der Waals surface area contributed by atoms with E-state index in [1.807, 2.05) is 0 Å². The Bertz CT molecular complexity index is 371. The molecule has 0 spiro atoms. The molecule has 1 nitrogen and oxygen atoms in total. The number of carbonyl (C=O) groups is 1. The van der Waals surface area contributed by atoms with Crippen LogP contribution in [0.25, 0.3) is 0 Å². The maximum Gasteiger partial charge on any atom is 0.417 e. The molecule has 0 saturated heterocycles. The van der Waals surface area contributed by atoms with Gasteiger partial charge in [-0.3, -0.25) is 4.79 Å². The van der Waals surface area contributed by atoms with Crippen LogP contribution in [0.3, 0.4) is 0 Å². The van der Waals surface area contributed by atoms with Crippen LogP contribution < -0.4 is 0 Å². The highest BCUT2D eigenvalue weighted by molar-refractivity contribution is 6.34. The van der Waals surface area contributed by atoms with Crippen LogP contribution in [0.4, 0.5) is 13.2 Å². The summed E-state index contributed by atoms with van der Waals surface area (Å²) in [6.45, 7) is 1.17. The molecule has 1 aromatic carbocycles. The van der Waals surface area contributed by atoms with Crippen molar-refractivity contribution in [2.24, 2.45) is 0 Å². The largest absolute Gasteiger partial charge is 0.417 e. The van der Waals surface area contributed by atoms with E-state index in [-0.39, 0.29) is 5.56 Å². The number of hydrogen-bond donors (Lipinski definition) is 0. The lowest BCUT2D eigenvalue weighted by Crippen LogP contribution is -2.08. The summed E-state index contributed by atoms with van der Waals surface area (Å²) in [6.07, 6.45) is -4.53. The van der Waals surface area contributed by atoms with Crippen LogP contribution in [0.1, 0.15) is 22.8 Å². The lowest BCUT2D eigenvalue weighted by molar-refractivity contribution is -0.137. The van der Waals surface area contributed by atoms with Gasteiger partial charge >= 0.3 is 6.18 Å². The van der Waals surface area contributed by atoms with Crippen LogP contribution in [-0.2, 0) is 6.18 Å². The van der Waals surface area contributed by atoms with E-state index >= 15 is 0 Å². The van der Waals surface area contributed by atoms with E-state index in [2.05, 4.69) is 0 Å². The Morgan fingerprint density at radius 1 is 1.36 bits per heavy atom. The third kappa shape index (κ3) is 2.07. The summed E-state index contributed by atoms with van der Waals surface area (Å²) in [5.41, 5.74) is -1.09. The van der Waals surface area contributed by atoms with Gasteiger partial charge in [0.25, 0.3) is 0 Å². The van der Waals surface area contributed by atoms with Crippen molar-refractivity contribution in [3.8, 4) is 0 Å². The molecule has 0 aromatic heterocycles. The first-order valence-electron chi connectivity index (χ1n) is 3.70. The third-order valence-corrected chi connectivity index (χ3v) is 2.09. The molecule has 0 bridgehead atoms. The number of benzene rings is 1. The smallest absolute Gasteiger partial charge is 0.294 e. The lowest BCUT2D eigenvalue weighted by Gasteiger charge is -2.10. The zero-order valence-electron chi connectivity index (χ0n) is 7.15. The van der Waals surface area contributed by atoms with Crippen LogP contribution in [0, 0.1) is 0 Å². The molecule has 0 aliphatic rings. The van der Waals surface area contributed by atoms with Gasteiger partial charge in [-0.05, 0) is 19.1 Å². The normalized spacial score (nSPS) is 11.5. The highest BCUT2D eigenvalue weighted by atomic mass is 35.5. The number of ketones is 1. The van der Waals surface area contributed by atoms with E-state index in [0.717, 1.165) is 12.1 Å². The highest BCUT2D eigenvalue weighted by Crippen LogP contribution is 2.36. The van der Waals surface area contributed by atoms with E-state index in [0.29, 0.717) is 0 Å². The fourth-order valence-electron chi connectivity index (χ4n) is 1.02. The highest BCUT2D eigenvalue weighted by Gasteiger charge is 2.34. The van der Waals surface area contributed by atoms with Crippen molar-refractivity contribution >= 4 is 17.4 Å². The third-order valence-electron chi connectivity index (χ3n) is 1.68. The number of alkyl halides is 3. The lowest BCUT2D eigenvalue weighted by atomic mass is 10.1. The van der Waals surface area contributed by atoms with Gasteiger partial charge in [0.15, 0.2) is 5.78 Å². The molecule has 5 heteroatoms. The molecule has 0 N–H and O–H groups in total. The first-order valence-corrected chi connectivity index (χ1v) is 4.08. The Hall–Kier alpha value is -1.03. The number of carbonyl (C=O) groups excluding carboxylic acids is 1. The average molecular weight is 223 g/mol. The summed E-state index contributed by atoms with van der Waals surface area (Å²) in [7, 11) is 0. The minimum absolute atomic E-state index is 0.110. The standard InChI is InChI=1S/C9H6ClF3O/c1-5(14)6-3-2-4-7(8(6)10)9(11,12)13/h2-4H,1H3. The SMILES string of the molecule is CC(=O)c1cccc(C(F)(F)F)c1Cl. The number of Topliss-reactive ketones (excluding diaryl/α,β-unsaturated/α-hetero) is 1. The summed E-state index contributed by atoms with van der Waals surface area (Å²) >= 11 is 5.45. The fourth-order valence-corrected chi connectivity index (χ4v) is 1.39. The topological polar surface area (TPSA) is 17.1 Å². The minimum atomic E-state index is -4.53. The second-order valence-electron chi connectivity index (χ2n) is 2.72. The van der Waals surface area contributed by atoms with Crippen molar-refractivity contribution in [1.29, 1.82) is 0 Å². The molecule has 0 saturated carbocycles. The molecule has 0 aliphatic heterocycles.